The summed E-state index contributed by atoms with van der Waals surface area (Å²) >= 11 is 0. The van der Waals surface area contributed by atoms with Gasteiger partial charge in [0.25, 0.3) is 0 Å². The topological polar surface area (TPSA) is 13.1 Å². The van der Waals surface area contributed by atoms with Gasteiger partial charge >= 0.3 is 0 Å². The first-order valence-corrected chi connectivity index (χ1v) is 9.10. The molecule has 0 N–H and O–H groups in total. The van der Waals surface area contributed by atoms with Crippen LogP contribution in [-0.2, 0) is 0 Å². The normalized spacial score (nSPS) is 11.0. The first kappa shape index (κ1) is 15.7. The lowest BCUT2D eigenvalue weighted by Gasteiger charge is -2.08. The Balaban J connectivity index is 0.000000280. The molecule has 6 rings (SSSR count). The van der Waals surface area contributed by atoms with Gasteiger partial charge in [-0.25, -0.2) is 0 Å². The van der Waals surface area contributed by atoms with E-state index in [1.54, 1.807) is 12.5 Å². The van der Waals surface area contributed by atoms with E-state index in [-0.39, 0.29) is 0 Å². The molecule has 0 atom stereocenters. The Kier molecular flexibility index (Phi) is 3.84. The molecule has 0 aliphatic carbocycles. The summed E-state index contributed by atoms with van der Waals surface area (Å²) in [6, 6.07) is 34.5. The molecular formula is C26H18O. The molecule has 0 radical (unpaired) electrons. The Bertz CT molecular complexity index is 1340. The molecule has 0 spiro atoms. The molecule has 0 aliphatic heterocycles. The Morgan fingerprint density at radius 1 is 0.370 bits per heavy atom. The van der Waals surface area contributed by atoms with Crippen LogP contribution >= 0.6 is 0 Å². The zero-order valence-electron chi connectivity index (χ0n) is 14.8. The van der Waals surface area contributed by atoms with E-state index in [0.29, 0.717) is 0 Å². The van der Waals surface area contributed by atoms with Crippen molar-refractivity contribution in [3.05, 3.63) is 110 Å². The minimum absolute atomic E-state index is 1.30. The summed E-state index contributed by atoms with van der Waals surface area (Å²) in [6.45, 7) is 0. The maximum Gasteiger partial charge on any atom is 0.0902 e. The van der Waals surface area contributed by atoms with E-state index >= 15 is 0 Å². The predicted molar refractivity (Wildman–Crippen MR) is 115 cm³/mol. The summed E-state index contributed by atoms with van der Waals surface area (Å²) in [7, 11) is 0. The smallest absolute Gasteiger partial charge is 0.0902 e. The minimum Gasteiger partial charge on any atom is -0.473 e. The zero-order chi connectivity index (χ0) is 18.1. The third-order valence-corrected chi connectivity index (χ3v) is 4.99. The van der Waals surface area contributed by atoms with Gasteiger partial charge in [0, 0.05) is 0 Å². The van der Waals surface area contributed by atoms with Crippen molar-refractivity contribution in [1.82, 2.24) is 0 Å². The van der Waals surface area contributed by atoms with E-state index in [9.17, 15) is 0 Å². The first-order valence-electron chi connectivity index (χ1n) is 9.10. The largest absolute Gasteiger partial charge is 0.473 e. The summed E-state index contributed by atoms with van der Waals surface area (Å²) in [4.78, 5) is 0. The van der Waals surface area contributed by atoms with Crippen molar-refractivity contribution >= 4 is 43.1 Å². The Labute approximate surface area is 157 Å². The van der Waals surface area contributed by atoms with Gasteiger partial charge in [0.15, 0.2) is 0 Å². The quantitative estimate of drug-likeness (QED) is 0.204. The van der Waals surface area contributed by atoms with Crippen molar-refractivity contribution in [2.24, 2.45) is 0 Å². The van der Waals surface area contributed by atoms with Gasteiger partial charge in [-0.3, -0.25) is 0 Å². The van der Waals surface area contributed by atoms with Gasteiger partial charge in [0.05, 0.1) is 12.5 Å². The zero-order valence-corrected chi connectivity index (χ0v) is 14.8. The van der Waals surface area contributed by atoms with Crippen LogP contribution in [0.1, 0.15) is 0 Å². The molecule has 0 amide bonds. The molecular weight excluding hydrogens is 328 g/mol. The molecule has 6 aromatic rings. The highest BCUT2D eigenvalue weighted by molar-refractivity contribution is 6.13. The van der Waals surface area contributed by atoms with Crippen LogP contribution in [-0.4, -0.2) is 0 Å². The van der Waals surface area contributed by atoms with Gasteiger partial charge in [-0.2, -0.15) is 0 Å². The maximum absolute atomic E-state index is 4.58. The Hall–Kier alpha value is -3.58. The monoisotopic (exact) mass is 346 g/mol. The van der Waals surface area contributed by atoms with Gasteiger partial charge in [0.2, 0.25) is 0 Å². The maximum atomic E-state index is 4.58. The van der Waals surface area contributed by atoms with Gasteiger partial charge in [-0.1, -0.05) is 60.7 Å². The number of rotatable bonds is 0. The number of benzene rings is 5. The highest BCUT2D eigenvalue weighted by atomic mass is 16.3. The summed E-state index contributed by atoms with van der Waals surface area (Å²) in [5.41, 5.74) is 0. The molecule has 0 aliphatic rings. The van der Waals surface area contributed by atoms with E-state index in [1.165, 1.54) is 43.1 Å². The van der Waals surface area contributed by atoms with Crippen molar-refractivity contribution in [3.8, 4) is 0 Å². The molecule has 1 aromatic heterocycles. The van der Waals surface area contributed by atoms with Crippen molar-refractivity contribution in [1.29, 1.82) is 0 Å². The molecule has 5 aromatic carbocycles. The van der Waals surface area contributed by atoms with Crippen molar-refractivity contribution in [3.63, 3.8) is 0 Å². The fourth-order valence-corrected chi connectivity index (χ4v) is 3.67. The highest BCUT2D eigenvalue weighted by Gasteiger charge is 2.04. The highest BCUT2D eigenvalue weighted by Crippen LogP contribution is 2.31. The van der Waals surface area contributed by atoms with E-state index in [1.807, 2.05) is 12.1 Å². The van der Waals surface area contributed by atoms with Crippen LogP contribution < -0.4 is 0 Å². The molecule has 1 nitrogen and oxygen atoms in total. The van der Waals surface area contributed by atoms with Crippen LogP contribution in [0, 0.1) is 0 Å². The fourth-order valence-electron chi connectivity index (χ4n) is 3.67. The SMILES string of the molecule is c1ccc2cc3cc4c(ccc5ccccc54)cc3cc2c1.c1ccoc1. The van der Waals surface area contributed by atoms with Crippen LogP contribution in [0.25, 0.3) is 43.1 Å². The molecule has 0 saturated carbocycles. The number of fused-ring (bicyclic) bond motifs is 5. The van der Waals surface area contributed by atoms with E-state index in [2.05, 4.69) is 89.3 Å². The molecule has 1 heteroatoms. The molecule has 128 valence electrons. The summed E-state index contributed by atoms with van der Waals surface area (Å²) < 4.78 is 4.58. The van der Waals surface area contributed by atoms with Gasteiger partial charge < -0.3 is 4.42 Å². The van der Waals surface area contributed by atoms with Crippen molar-refractivity contribution < 1.29 is 4.42 Å². The first-order chi connectivity index (χ1) is 13.4. The average Bonchev–Trinajstić information content (AvgIpc) is 3.31. The van der Waals surface area contributed by atoms with Crippen LogP contribution in [0.4, 0.5) is 0 Å². The van der Waals surface area contributed by atoms with Gasteiger partial charge in [-0.15, -0.1) is 0 Å². The summed E-state index contributed by atoms with van der Waals surface area (Å²) in [5.74, 6) is 0. The second kappa shape index (κ2) is 6.62. The second-order valence-corrected chi connectivity index (χ2v) is 6.70. The Morgan fingerprint density at radius 2 is 0.926 bits per heavy atom. The number of furan rings is 1. The van der Waals surface area contributed by atoms with Crippen LogP contribution in [0.3, 0.4) is 0 Å². The molecule has 0 fully saturated rings. The molecule has 1 heterocycles. The average molecular weight is 346 g/mol. The van der Waals surface area contributed by atoms with Crippen LogP contribution in [0.2, 0.25) is 0 Å². The standard InChI is InChI=1S/C22H14.C4H4O/c1-2-7-17-12-20-14-22-18(13-19(20)11-16(17)6-1)10-9-15-5-3-4-8-21(15)22;1-2-4-5-3-1/h1-14H;1-4H. The number of hydrogen-bond donors (Lipinski definition) is 0. The third-order valence-electron chi connectivity index (χ3n) is 4.99. The molecule has 27 heavy (non-hydrogen) atoms. The molecule has 0 saturated heterocycles. The van der Waals surface area contributed by atoms with E-state index in [0.717, 1.165) is 0 Å². The van der Waals surface area contributed by atoms with E-state index in [4.69, 9.17) is 0 Å². The Morgan fingerprint density at radius 3 is 1.59 bits per heavy atom. The van der Waals surface area contributed by atoms with E-state index < -0.39 is 0 Å². The van der Waals surface area contributed by atoms with Crippen molar-refractivity contribution in [2.45, 2.75) is 0 Å². The van der Waals surface area contributed by atoms with Gasteiger partial charge in [0.1, 0.15) is 0 Å². The summed E-state index contributed by atoms with van der Waals surface area (Å²) in [5, 5.41) is 10.5. The lowest BCUT2D eigenvalue weighted by Crippen LogP contribution is -1.81. The predicted octanol–water partition coefficient (Wildman–Crippen LogP) is 7.58. The minimum atomic E-state index is 1.30. The molecule has 0 unspecified atom stereocenters. The number of hydrogen-bond acceptors (Lipinski definition) is 1. The lowest BCUT2D eigenvalue weighted by molar-refractivity contribution is 0.567. The van der Waals surface area contributed by atoms with Crippen LogP contribution in [0.5, 0.6) is 0 Å². The third kappa shape index (κ3) is 2.94. The lowest BCUT2D eigenvalue weighted by atomic mass is 9.96. The second-order valence-electron chi connectivity index (χ2n) is 6.70. The fraction of sp³-hybridized carbons (Fsp3) is 0. The summed E-state index contributed by atoms with van der Waals surface area (Å²) in [6.07, 6.45) is 3.25. The van der Waals surface area contributed by atoms with Crippen LogP contribution in [0.15, 0.2) is 114 Å². The van der Waals surface area contributed by atoms with Gasteiger partial charge in [-0.05, 0) is 79.5 Å². The molecule has 0 bridgehead atoms. The van der Waals surface area contributed by atoms with Crippen molar-refractivity contribution in [2.75, 3.05) is 0 Å².